The minimum Gasteiger partial charge on any atom is -0.504 e. The van der Waals surface area contributed by atoms with E-state index in [0.717, 1.165) is 50.3 Å². The van der Waals surface area contributed by atoms with Gasteiger partial charge in [-0.15, -0.1) is 0 Å². The minimum atomic E-state index is -0.508. The molecule has 6 rings (SSSR count). The molecule has 0 radical (unpaired) electrons. The summed E-state index contributed by atoms with van der Waals surface area (Å²) in [5.41, 5.74) is 1.76. The molecule has 2 heterocycles. The van der Waals surface area contributed by atoms with Gasteiger partial charge in [-0.3, -0.25) is 4.90 Å². The van der Waals surface area contributed by atoms with Crippen molar-refractivity contribution < 1.29 is 19.7 Å². The Morgan fingerprint density at radius 1 is 1.25 bits per heavy atom. The van der Waals surface area contributed by atoms with Gasteiger partial charge in [0.2, 0.25) is 0 Å². The zero-order chi connectivity index (χ0) is 19.1. The number of piperidine rings is 1. The zero-order valence-electron chi connectivity index (χ0n) is 16.7. The maximum absolute atomic E-state index is 11.0. The van der Waals surface area contributed by atoms with Gasteiger partial charge in [0.05, 0.1) is 17.1 Å². The number of phenols is 1. The van der Waals surface area contributed by atoms with Gasteiger partial charge >= 0.3 is 0 Å². The van der Waals surface area contributed by atoms with Crippen molar-refractivity contribution in [3.05, 3.63) is 23.3 Å². The van der Waals surface area contributed by atoms with Gasteiger partial charge in [-0.2, -0.15) is 0 Å². The van der Waals surface area contributed by atoms with Crippen molar-refractivity contribution in [2.75, 3.05) is 19.7 Å². The lowest BCUT2D eigenvalue weighted by molar-refractivity contribution is -0.233. The van der Waals surface area contributed by atoms with Gasteiger partial charge < -0.3 is 19.7 Å². The topological polar surface area (TPSA) is 62.2 Å². The maximum Gasteiger partial charge on any atom is 0.165 e. The molecule has 1 saturated heterocycles. The van der Waals surface area contributed by atoms with E-state index in [1.165, 1.54) is 24.9 Å². The number of likely N-dealkylation sites (tertiary alicyclic amines) is 1. The van der Waals surface area contributed by atoms with E-state index in [0.29, 0.717) is 18.2 Å². The van der Waals surface area contributed by atoms with Crippen molar-refractivity contribution >= 4 is 0 Å². The first-order valence-corrected chi connectivity index (χ1v) is 11.2. The van der Waals surface area contributed by atoms with Crippen molar-refractivity contribution in [3.8, 4) is 11.5 Å². The number of benzene rings is 1. The summed E-state index contributed by atoms with van der Waals surface area (Å²) in [5, 5.41) is 21.5. The van der Waals surface area contributed by atoms with Gasteiger partial charge in [0, 0.05) is 24.8 Å². The normalized spacial score (nSPS) is 40.9. The smallest absolute Gasteiger partial charge is 0.165 e. The number of nitrogens with zero attached hydrogens (tertiary/aromatic N) is 1. The molecule has 5 atom stereocenters. The highest BCUT2D eigenvalue weighted by Crippen LogP contribution is 2.66. The highest BCUT2D eigenvalue weighted by molar-refractivity contribution is 5.62. The highest BCUT2D eigenvalue weighted by Gasteiger charge is 2.74. The van der Waals surface area contributed by atoms with Crippen LogP contribution in [0.15, 0.2) is 12.1 Å². The number of hydrogen-bond donors (Lipinski definition) is 2. The number of ether oxygens (including phenoxy) is 2. The molecular formula is C23H31NO4. The molecule has 0 aromatic heterocycles. The summed E-state index contributed by atoms with van der Waals surface area (Å²) in [6.45, 7) is 5.11. The minimum absolute atomic E-state index is 0.206. The van der Waals surface area contributed by atoms with E-state index in [1.807, 2.05) is 0 Å². The Labute approximate surface area is 166 Å². The van der Waals surface area contributed by atoms with Crippen LogP contribution in [0.4, 0.5) is 0 Å². The second-order valence-corrected chi connectivity index (χ2v) is 9.71. The predicted molar refractivity (Wildman–Crippen MR) is 105 cm³/mol. The van der Waals surface area contributed by atoms with Crippen LogP contribution in [0, 0.1) is 5.92 Å². The molecule has 0 unspecified atom stereocenters. The van der Waals surface area contributed by atoms with E-state index in [9.17, 15) is 10.2 Å². The van der Waals surface area contributed by atoms with Crippen LogP contribution < -0.4 is 4.74 Å². The number of phenolic OH excluding ortho intramolecular Hbond substituents is 1. The van der Waals surface area contributed by atoms with Crippen molar-refractivity contribution in [3.63, 3.8) is 0 Å². The third-order valence-electron chi connectivity index (χ3n) is 8.25. The van der Waals surface area contributed by atoms with Gasteiger partial charge in [0.25, 0.3) is 0 Å². The quantitative estimate of drug-likeness (QED) is 0.816. The highest BCUT2D eigenvalue weighted by atomic mass is 16.5. The third-order valence-corrected chi connectivity index (χ3v) is 8.25. The summed E-state index contributed by atoms with van der Waals surface area (Å²) in [4.78, 5) is 2.70. The first kappa shape index (κ1) is 17.5. The SMILES string of the molecule is CCCO[C@@]12CC[C@@H](O)[C@@H]3Oc4c(O)ccc5c4[C@@]31CCN(CC1CC1)[C@@H]2C5. The van der Waals surface area contributed by atoms with E-state index in [4.69, 9.17) is 9.47 Å². The van der Waals surface area contributed by atoms with Crippen molar-refractivity contribution in [1.82, 2.24) is 4.90 Å². The maximum atomic E-state index is 11.0. The van der Waals surface area contributed by atoms with Crippen molar-refractivity contribution in [2.24, 2.45) is 5.92 Å². The van der Waals surface area contributed by atoms with Crippen LogP contribution in [-0.4, -0.2) is 58.7 Å². The second kappa shape index (κ2) is 5.87. The Bertz CT molecular complexity index is 804. The average molecular weight is 386 g/mol. The van der Waals surface area contributed by atoms with E-state index in [2.05, 4.69) is 17.9 Å². The van der Waals surface area contributed by atoms with Crippen molar-refractivity contribution in [2.45, 2.75) is 81.1 Å². The molecule has 1 spiro atoms. The van der Waals surface area contributed by atoms with Crippen LogP contribution in [0.2, 0.25) is 0 Å². The largest absolute Gasteiger partial charge is 0.504 e. The van der Waals surface area contributed by atoms with Crippen LogP contribution in [0.25, 0.3) is 0 Å². The summed E-state index contributed by atoms with van der Waals surface area (Å²) in [5.74, 6) is 1.67. The predicted octanol–water partition coefficient (Wildman–Crippen LogP) is 2.75. The fraction of sp³-hybridized carbons (Fsp3) is 0.739. The van der Waals surface area contributed by atoms with Crippen LogP contribution in [0.3, 0.4) is 0 Å². The lowest BCUT2D eigenvalue weighted by Crippen LogP contribution is -2.78. The van der Waals surface area contributed by atoms with Gasteiger partial charge in [-0.25, -0.2) is 0 Å². The number of hydrogen-bond acceptors (Lipinski definition) is 5. The van der Waals surface area contributed by atoms with E-state index in [-0.39, 0.29) is 22.9 Å². The average Bonchev–Trinajstić information content (AvgIpc) is 3.43. The van der Waals surface area contributed by atoms with Crippen LogP contribution >= 0.6 is 0 Å². The Balaban J connectivity index is 1.56. The van der Waals surface area contributed by atoms with Crippen LogP contribution in [0.5, 0.6) is 11.5 Å². The van der Waals surface area contributed by atoms with Crippen LogP contribution in [0.1, 0.15) is 56.6 Å². The first-order valence-electron chi connectivity index (χ1n) is 11.2. The molecule has 1 aromatic rings. The molecule has 3 fully saturated rings. The number of aliphatic hydroxyl groups is 1. The molecule has 1 aromatic carbocycles. The number of rotatable bonds is 5. The lowest BCUT2D eigenvalue weighted by Gasteiger charge is -2.65. The third kappa shape index (κ3) is 2.03. The van der Waals surface area contributed by atoms with Crippen LogP contribution in [-0.2, 0) is 16.6 Å². The second-order valence-electron chi connectivity index (χ2n) is 9.71. The first-order chi connectivity index (χ1) is 13.6. The molecule has 2 bridgehead atoms. The summed E-state index contributed by atoms with van der Waals surface area (Å²) >= 11 is 0. The summed E-state index contributed by atoms with van der Waals surface area (Å²) in [6, 6.07) is 4.19. The van der Waals surface area contributed by atoms with Gasteiger partial charge in [0.1, 0.15) is 6.10 Å². The zero-order valence-corrected chi connectivity index (χ0v) is 16.7. The molecule has 3 aliphatic carbocycles. The number of aromatic hydroxyl groups is 1. The van der Waals surface area contributed by atoms with E-state index >= 15 is 0 Å². The molecule has 0 amide bonds. The fourth-order valence-electron chi connectivity index (χ4n) is 7.00. The fourth-order valence-corrected chi connectivity index (χ4v) is 7.00. The molecule has 2 aliphatic heterocycles. The Morgan fingerprint density at radius 3 is 2.89 bits per heavy atom. The monoisotopic (exact) mass is 385 g/mol. The Kier molecular flexibility index (Phi) is 3.68. The molecular weight excluding hydrogens is 354 g/mol. The summed E-state index contributed by atoms with van der Waals surface area (Å²) < 4.78 is 13.2. The molecule has 28 heavy (non-hydrogen) atoms. The van der Waals surface area contributed by atoms with Gasteiger partial charge in [-0.1, -0.05) is 13.0 Å². The molecule has 5 aliphatic rings. The van der Waals surface area contributed by atoms with E-state index in [1.54, 1.807) is 6.07 Å². The standard InChI is InChI=1S/C23H31NO4/c1-2-11-27-23-8-7-17(26)21-22(23)9-10-24(13-14-3-4-14)18(23)12-15-5-6-16(25)20(28-21)19(15)22/h5-6,14,17-18,21,25-26H,2-4,7-13H2,1H3/t17-,18-,21+,22+,23-/m1/s1. The molecule has 152 valence electrons. The van der Waals surface area contributed by atoms with E-state index < -0.39 is 6.10 Å². The lowest BCUT2D eigenvalue weighted by atomic mass is 9.48. The molecule has 5 nitrogen and oxygen atoms in total. The molecule has 2 saturated carbocycles. The Morgan fingerprint density at radius 2 is 2.11 bits per heavy atom. The molecule has 5 heteroatoms. The summed E-state index contributed by atoms with van der Waals surface area (Å²) in [7, 11) is 0. The van der Waals surface area contributed by atoms with Gasteiger partial charge in [0.15, 0.2) is 11.5 Å². The molecule has 2 N–H and O–H groups in total. The summed E-state index contributed by atoms with van der Waals surface area (Å²) in [6.07, 6.45) is 6.34. The Hall–Kier alpha value is -1.30. The van der Waals surface area contributed by atoms with Crippen molar-refractivity contribution in [1.29, 1.82) is 0 Å². The van der Waals surface area contributed by atoms with Gasteiger partial charge in [-0.05, 0) is 69.0 Å². The number of aliphatic hydroxyl groups excluding tert-OH is 1.